The molecule has 0 atom stereocenters. The quantitative estimate of drug-likeness (QED) is 0.744. The van der Waals surface area contributed by atoms with E-state index in [9.17, 15) is 8.42 Å². The highest BCUT2D eigenvalue weighted by Crippen LogP contribution is 2.26. The molecule has 0 aliphatic rings. The van der Waals surface area contributed by atoms with Gasteiger partial charge in [0, 0.05) is 18.8 Å². The molecule has 6 nitrogen and oxygen atoms in total. The number of rotatable bonds is 8. The van der Waals surface area contributed by atoms with Gasteiger partial charge in [-0.25, -0.2) is 18.4 Å². The van der Waals surface area contributed by atoms with Crippen LogP contribution in [0.3, 0.4) is 0 Å². The maximum Gasteiger partial charge on any atom is 0.151 e. The third-order valence-electron chi connectivity index (χ3n) is 2.48. The van der Waals surface area contributed by atoms with E-state index >= 15 is 0 Å². The Kier molecular flexibility index (Phi) is 6.50. The summed E-state index contributed by atoms with van der Waals surface area (Å²) < 4.78 is 23.5. The predicted molar refractivity (Wildman–Crippen MR) is 81.3 cm³/mol. The zero-order chi connectivity index (χ0) is 14.3. The van der Waals surface area contributed by atoms with Crippen LogP contribution in [0.1, 0.15) is 20.3 Å². The average molecular weight is 351 g/mol. The number of sulfone groups is 1. The standard InChI is InChI=1S/C11H19BrN4O2S/c1-3-5-13-10-9(12)11(16-8-15-10)14-6-7-19(17,18)4-2/h8H,3-7H2,1-2H3,(H2,13,14,15,16). The molecular formula is C11H19BrN4O2S. The molecule has 1 aromatic rings. The SMILES string of the molecule is CCCNc1ncnc(NCCS(=O)(=O)CC)c1Br. The normalized spacial score (nSPS) is 11.3. The summed E-state index contributed by atoms with van der Waals surface area (Å²) in [6.07, 6.45) is 2.44. The lowest BCUT2D eigenvalue weighted by molar-refractivity contribution is 0.597. The minimum Gasteiger partial charge on any atom is -0.369 e. The lowest BCUT2D eigenvalue weighted by atomic mass is 10.4. The van der Waals surface area contributed by atoms with Crippen LogP contribution in [-0.2, 0) is 9.84 Å². The van der Waals surface area contributed by atoms with Crippen molar-refractivity contribution in [3.8, 4) is 0 Å². The van der Waals surface area contributed by atoms with Gasteiger partial charge in [0.15, 0.2) is 9.84 Å². The molecule has 0 aliphatic carbocycles. The number of anilines is 2. The molecule has 0 unspecified atom stereocenters. The number of halogens is 1. The van der Waals surface area contributed by atoms with Crippen molar-refractivity contribution in [1.82, 2.24) is 9.97 Å². The summed E-state index contributed by atoms with van der Waals surface area (Å²) in [5.41, 5.74) is 0. The van der Waals surface area contributed by atoms with E-state index in [0.29, 0.717) is 18.2 Å². The summed E-state index contributed by atoms with van der Waals surface area (Å²) in [7, 11) is -2.96. The summed E-state index contributed by atoms with van der Waals surface area (Å²) in [6.45, 7) is 4.86. The number of hydrogen-bond acceptors (Lipinski definition) is 6. The van der Waals surface area contributed by atoms with Gasteiger partial charge in [-0.2, -0.15) is 0 Å². The molecule has 0 aromatic carbocycles. The van der Waals surface area contributed by atoms with Gasteiger partial charge < -0.3 is 10.6 Å². The lowest BCUT2D eigenvalue weighted by Gasteiger charge is -2.11. The molecule has 19 heavy (non-hydrogen) atoms. The second-order valence-electron chi connectivity index (χ2n) is 3.97. The van der Waals surface area contributed by atoms with Crippen molar-refractivity contribution in [1.29, 1.82) is 0 Å². The third kappa shape index (κ3) is 5.32. The van der Waals surface area contributed by atoms with Crippen molar-refractivity contribution in [3.63, 3.8) is 0 Å². The van der Waals surface area contributed by atoms with E-state index in [2.05, 4.69) is 43.5 Å². The van der Waals surface area contributed by atoms with Crippen LogP contribution in [0.15, 0.2) is 10.8 Å². The highest BCUT2D eigenvalue weighted by molar-refractivity contribution is 9.10. The van der Waals surface area contributed by atoms with Gasteiger partial charge in [-0.1, -0.05) is 13.8 Å². The first-order valence-electron chi connectivity index (χ1n) is 6.18. The maximum absolute atomic E-state index is 11.4. The van der Waals surface area contributed by atoms with E-state index in [-0.39, 0.29) is 11.5 Å². The monoisotopic (exact) mass is 350 g/mol. The molecule has 8 heteroatoms. The second kappa shape index (κ2) is 7.64. The minimum absolute atomic E-state index is 0.0949. The summed E-state index contributed by atoms with van der Waals surface area (Å²) >= 11 is 3.41. The fourth-order valence-corrected chi connectivity index (χ4v) is 2.52. The van der Waals surface area contributed by atoms with Gasteiger partial charge >= 0.3 is 0 Å². The van der Waals surface area contributed by atoms with Crippen molar-refractivity contribution >= 4 is 37.4 Å². The Morgan fingerprint density at radius 1 is 1.16 bits per heavy atom. The van der Waals surface area contributed by atoms with Gasteiger partial charge in [-0.15, -0.1) is 0 Å². The molecule has 0 saturated carbocycles. The fourth-order valence-electron chi connectivity index (χ4n) is 1.33. The zero-order valence-electron chi connectivity index (χ0n) is 11.1. The van der Waals surface area contributed by atoms with Crippen molar-refractivity contribution < 1.29 is 8.42 Å². The predicted octanol–water partition coefficient (Wildman–Crippen LogP) is 1.91. The smallest absolute Gasteiger partial charge is 0.151 e. The first kappa shape index (κ1) is 16.2. The summed E-state index contributed by atoms with van der Waals surface area (Å²) in [5, 5.41) is 6.17. The molecule has 0 bridgehead atoms. The van der Waals surface area contributed by atoms with E-state index in [4.69, 9.17) is 0 Å². The fraction of sp³-hybridized carbons (Fsp3) is 0.636. The van der Waals surface area contributed by atoms with Crippen molar-refractivity contribution in [3.05, 3.63) is 10.8 Å². The van der Waals surface area contributed by atoms with E-state index in [1.54, 1.807) is 6.92 Å². The maximum atomic E-state index is 11.4. The van der Waals surface area contributed by atoms with E-state index in [0.717, 1.165) is 17.4 Å². The summed E-state index contributed by atoms with van der Waals surface area (Å²) in [4.78, 5) is 8.21. The number of aromatic nitrogens is 2. The molecule has 0 fully saturated rings. The molecule has 0 amide bonds. The molecular weight excluding hydrogens is 332 g/mol. The van der Waals surface area contributed by atoms with Crippen molar-refractivity contribution in [2.24, 2.45) is 0 Å². The van der Waals surface area contributed by atoms with Crippen LogP contribution in [0.4, 0.5) is 11.6 Å². The van der Waals surface area contributed by atoms with Gasteiger partial charge in [-0.05, 0) is 22.4 Å². The summed E-state index contributed by atoms with van der Waals surface area (Å²) in [6, 6.07) is 0. The van der Waals surface area contributed by atoms with Gasteiger partial charge in [0.1, 0.15) is 22.4 Å². The van der Waals surface area contributed by atoms with E-state index < -0.39 is 9.84 Å². The molecule has 1 aromatic heterocycles. The summed E-state index contributed by atoms with van der Waals surface area (Å²) in [5.74, 6) is 1.55. The van der Waals surface area contributed by atoms with Gasteiger partial charge in [0.25, 0.3) is 0 Å². The van der Waals surface area contributed by atoms with Crippen LogP contribution in [0.25, 0.3) is 0 Å². The van der Waals surface area contributed by atoms with Gasteiger partial charge in [0.05, 0.1) is 5.75 Å². The zero-order valence-corrected chi connectivity index (χ0v) is 13.5. The van der Waals surface area contributed by atoms with Gasteiger partial charge in [-0.3, -0.25) is 0 Å². The Bertz CT molecular complexity index is 507. The Morgan fingerprint density at radius 2 is 1.74 bits per heavy atom. The lowest BCUT2D eigenvalue weighted by Crippen LogP contribution is -2.18. The Morgan fingerprint density at radius 3 is 2.26 bits per heavy atom. The van der Waals surface area contributed by atoms with E-state index in [1.165, 1.54) is 6.33 Å². The largest absolute Gasteiger partial charge is 0.369 e. The second-order valence-corrected chi connectivity index (χ2v) is 7.24. The highest BCUT2D eigenvalue weighted by atomic mass is 79.9. The van der Waals surface area contributed by atoms with Crippen molar-refractivity contribution in [2.75, 3.05) is 35.2 Å². The Hall–Kier alpha value is -0.890. The first-order valence-corrected chi connectivity index (χ1v) is 8.80. The molecule has 1 heterocycles. The van der Waals surface area contributed by atoms with Crippen LogP contribution in [0.5, 0.6) is 0 Å². The molecule has 108 valence electrons. The first-order chi connectivity index (χ1) is 9.00. The number of hydrogen-bond donors (Lipinski definition) is 2. The Balaban J connectivity index is 2.64. The van der Waals surface area contributed by atoms with Crippen LogP contribution < -0.4 is 10.6 Å². The number of nitrogens with one attached hydrogen (secondary N) is 2. The highest BCUT2D eigenvalue weighted by Gasteiger charge is 2.10. The Labute approximate surface area is 122 Å². The van der Waals surface area contributed by atoms with Gasteiger partial charge in [0.2, 0.25) is 0 Å². The van der Waals surface area contributed by atoms with Crippen LogP contribution in [0.2, 0.25) is 0 Å². The topological polar surface area (TPSA) is 84.0 Å². The molecule has 0 radical (unpaired) electrons. The molecule has 0 saturated heterocycles. The van der Waals surface area contributed by atoms with Crippen molar-refractivity contribution in [2.45, 2.75) is 20.3 Å². The van der Waals surface area contributed by atoms with E-state index in [1.807, 2.05) is 0 Å². The van der Waals surface area contributed by atoms with Crippen LogP contribution in [0, 0.1) is 0 Å². The molecule has 0 spiro atoms. The minimum atomic E-state index is -2.96. The molecule has 0 aliphatic heterocycles. The van der Waals surface area contributed by atoms with Crippen LogP contribution in [-0.4, -0.2) is 43.0 Å². The third-order valence-corrected chi connectivity index (χ3v) is 4.93. The number of nitrogens with zero attached hydrogens (tertiary/aromatic N) is 2. The average Bonchev–Trinajstić information content (AvgIpc) is 2.39. The van der Waals surface area contributed by atoms with Crippen LogP contribution >= 0.6 is 15.9 Å². The molecule has 1 rings (SSSR count). The molecule has 2 N–H and O–H groups in total.